The molecule has 8 heteroatoms. The summed E-state index contributed by atoms with van der Waals surface area (Å²) in [7, 11) is 0. The number of carbonyl (C=O) groups excluding carboxylic acids is 1. The highest BCUT2D eigenvalue weighted by molar-refractivity contribution is 5.46. The number of carbonyl (C=O) groups is 1. The monoisotopic (exact) mass is 343 g/mol. The van der Waals surface area contributed by atoms with Crippen LogP contribution in [-0.2, 0) is 14.3 Å². The van der Waals surface area contributed by atoms with E-state index in [-0.39, 0.29) is 18.7 Å². The first-order chi connectivity index (χ1) is 11.6. The van der Waals surface area contributed by atoms with Crippen LogP contribution in [0.4, 0.5) is 0 Å². The Kier molecular flexibility index (Phi) is 7.93. The first kappa shape index (κ1) is 19.1. The first-order valence-corrected chi connectivity index (χ1v) is 8.60. The summed E-state index contributed by atoms with van der Waals surface area (Å²) in [5.74, 6) is 0.809. The van der Waals surface area contributed by atoms with Crippen molar-refractivity contribution >= 4 is 6.41 Å². The molecule has 1 aliphatic heterocycles. The van der Waals surface area contributed by atoms with Gasteiger partial charge in [0.2, 0.25) is 6.41 Å². The zero-order valence-corrected chi connectivity index (χ0v) is 13.9. The molecule has 2 aliphatic rings. The fourth-order valence-electron chi connectivity index (χ4n) is 3.15. The van der Waals surface area contributed by atoms with Gasteiger partial charge in [0.05, 0.1) is 12.6 Å². The van der Waals surface area contributed by atoms with Crippen molar-refractivity contribution in [2.75, 3.05) is 19.7 Å². The van der Waals surface area contributed by atoms with Crippen molar-refractivity contribution in [3.05, 3.63) is 11.8 Å². The maximum Gasteiger partial charge on any atom is 0.207 e. The molecule has 0 radical (unpaired) electrons. The minimum absolute atomic E-state index is 0.120. The van der Waals surface area contributed by atoms with Gasteiger partial charge < -0.3 is 36.1 Å². The second kappa shape index (κ2) is 9.95. The van der Waals surface area contributed by atoms with Crippen molar-refractivity contribution < 1.29 is 24.5 Å². The van der Waals surface area contributed by atoms with Crippen LogP contribution in [-0.4, -0.2) is 66.9 Å². The van der Waals surface area contributed by atoms with Gasteiger partial charge in [-0.2, -0.15) is 0 Å². The lowest BCUT2D eigenvalue weighted by Crippen LogP contribution is -2.56. The highest BCUT2D eigenvalue weighted by Crippen LogP contribution is 2.26. The quantitative estimate of drug-likeness (QED) is 0.267. The lowest BCUT2D eigenvalue weighted by molar-refractivity contribution is -0.195. The van der Waals surface area contributed by atoms with Crippen molar-refractivity contribution in [1.29, 1.82) is 0 Å². The molecule has 24 heavy (non-hydrogen) atoms. The second-order valence-corrected chi connectivity index (χ2v) is 6.33. The van der Waals surface area contributed by atoms with E-state index >= 15 is 0 Å². The highest BCUT2D eigenvalue weighted by atomic mass is 16.7. The lowest BCUT2D eigenvalue weighted by atomic mass is 9.86. The van der Waals surface area contributed by atoms with Gasteiger partial charge in [0.15, 0.2) is 6.29 Å². The van der Waals surface area contributed by atoms with Crippen LogP contribution in [0.2, 0.25) is 0 Å². The minimum atomic E-state index is -0.730. The molecule has 5 atom stereocenters. The standard InChI is InChI=1S/C16H29N3O5/c17-13-7-11(19-10-21)8-14(22)16(13)24-15-4-1-3-12(23-15)9-18-5-2-6-20/h3,10-11,13-16,18,20,22H,1-2,4-9,17H2,(H,19,21)/t11?,13?,14?,15-,16-/m1/s1. The molecule has 1 amide bonds. The second-order valence-electron chi connectivity index (χ2n) is 6.33. The SMILES string of the molecule is NC1CC(NC=O)CC(O)[C@@H]1O[C@@H]1CCC=C(CNCCCO)O1. The van der Waals surface area contributed by atoms with Gasteiger partial charge in [-0.05, 0) is 38.3 Å². The van der Waals surface area contributed by atoms with Gasteiger partial charge in [-0.1, -0.05) is 0 Å². The molecule has 3 unspecified atom stereocenters. The summed E-state index contributed by atoms with van der Waals surface area (Å²) < 4.78 is 11.7. The third kappa shape index (κ3) is 5.71. The Morgan fingerprint density at radius 1 is 1.46 bits per heavy atom. The van der Waals surface area contributed by atoms with Crippen molar-refractivity contribution in [3.8, 4) is 0 Å². The van der Waals surface area contributed by atoms with Crippen LogP contribution in [0.1, 0.15) is 32.1 Å². The van der Waals surface area contributed by atoms with E-state index in [9.17, 15) is 9.90 Å². The highest BCUT2D eigenvalue weighted by Gasteiger charge is 2.38. The van der Waals surface area contributed by atoms with Crippen LogP contribution in [0.25, 0.3) is 0 Å². The number of ether oxygens (including phenoxy) is 2. The van der Waals surface area contributed by atoms with E-state index in [4.69, 9.17) is 20.3 Å². The van der Waals surface area contributed by atoms with Crippen LogP contribution < -0.4 is 16.4 Å². The van der Waals surface area contributed by atoms with E-state index in [2.05, 4.69) is 10.6 Å². The molecule has 1 aliphatic carbocycles. The van der Waals surface area contributed by atoms with Gasteiger partial charge in [0.1, 0.15) is 11.9 Å². The zero-order chi connectivity index (χ0) is 17.4. The Morgan fingerprint density at radius 2 is 2.29 bits per heavy atom. The third-order valence-corrected chi connectivity index (χ3v) is 4.36. The van der Waals surface area contributed by atoms with Crippen LogP contribution >= 0.6 is 0 Å². The van der Waals surface area contributed by atoms with E-state index < -0.39 is 18.5 Å². The number of aliphatic hydroxyl groups excluding tert-OH is 2. The Balaban J connectivity index is 1.78. The molecule has 1 heterocycles. The number of nitrogens with one attached hydrogen (secondary N) is 2. The van der Waals surface area contributed by atoms with E-state index in [1.54, 1.807) is 0 Å². The van der Waals surface area contributed by atoms with Crippen molar-refractivity contribution in [3.63, 3.8) is 0 Å². The van der Waals surface area contributed by atoms with Crippen molar-refractivity contribution in [1.82, 2.24) is 10.6 Å². The van der Waals surface area contributed by atoms with Crippen molar-refractivity contribution in [2.45, 2.75) is 62.7 Å². The topological polar surface area (TPSA) is 126 Å². The maximum atomic E-state index is 10.5. The first-order valence-electron chi connectivity index (χ1n) is 8.60. The predicted molar refractivity (Wildman–Crippen MR) is 87.8 cm³/mol. The summed E-state index contributed by atoms with van der Waals surface area (Å²) in [4.78, 5) is 10.5. The van der Waals surface area contributed by atoms with Crippen LogP contribution in [0.5, 0.6) is 0 Å². The Labute approximate surface area is 142 Å². The smallest absolute Gasteiger partial charge is 0.207 e. The number of rotatable bonds is 9. The molecule has 1 saturated carbocycles. The molecule has 0 saturated heterocycles. The lowest BCUT2D eigenvalue weighted by Gasteiger charge is -2.39. The van der Waals surface area contributed by atoms with E-state index in [0.29, 0.717) is 38.6 Å². The van der Waals surface area contributed by atoms with Crippen LogP contribution in [0.3, 0.4) is 0 Å². The Morgan fingerprint density at radius 3 is 3.00 bits per heavy atom. The van der Waals surface area contributed by atoms with E-state index in [0.717, 1.165) is 18.7 Å². The van der Waals surface area contributed by atoms with Gasteiger partial charge >= 0.3 is 0 Å². The normalized spacial score (nSPS) is 33.5. The summed E-state index contributed by atoms with van der Waals surface area (Å²) in [6.45, 7) is 1.47. The molecule has 0 spiro atoms. The van der Waals surface area contributed by atoms with E-state index in [1.165, 1.54) is 0 Å². The summed E-state index contributed by atoms with van der Waals surface area (Å²) >= 11 is 0. The predicted octanol–water partition coefficient (Wildman–Crippen LogP) is -1.04. The molecular weight excluding hydrogens is 314 g/mol. The van der Waals surface area contributed by atoms with Crippen molar-refractivity contribution in [2.24, 2.45) is 5.73 Å². The van der Waals surface area contributed by atoms with Gasteiger partial charge in [-0.3, -0.25) is 4.79 Å². The fourth-order valence-corrected chi connectivity index (χ4v) is 3.15. The number of allylic oxidation sites excluding steroid dienone is 1. The molecule has 0 bridgehead atoms. The molecule has 138 valence electrons. The van der Waals surface area contributed by atoms with E-state index in [1.807, 2.05) is 6.08 Å². The van der Waals surface area contributed by atoms with Crippen LogP contribution in [0, 0.1) is 0 Å². The third-order valence-electron chi connectivity index (χ3n) is 4.36. The average Bonchev–Trinajstić information content (AvgIpc) is 2.56. The zero-order valence-electron chi connectivity index (χ0n) is 13.9. The number of amides is 1. The minimum Gasteiger partial charge on any atom is -0.468 e. The average molecular weight is 343 g/mol. The molecule has 1 fully saturated rings. The number of nitrogens with two attached hydrogens (primary N) is 1. The van der Waals surface area contributed by atoms with Gasteiger partial charge in [0.25, 0.3) is 0 Å². The van der Waals surface area contributed by atoms with Gasteiger partial charge in [-0.15, -0.1) is 0 Å². The van der Waals surface area contributed by atoms with Crippen LogP contribution in [0.15, 0.2) is 11.8 Å². The molecule has 6 N–H and O–H groups in total. The van der Waals surface area contributed by atoms with Gasteiger partial charge in [-0.25, -0.2) is 0 Å². The molecule has 0 aromatic carbocycles. The molecule has 0 aromatic rings. The summed E-state index contributed by atoms with van der Waals surface area (Å²) in [6, 6.07) is -0.474. The largest absolute Gasteiger partial charge is 0.468 e. The summed E-state index contributed by atoms with van der Waals surface area (Å²) in [6.07, 6.45) is 4.25. The Hall–Kier alpha value is -1.19. The summed E-state index contributed by atoms with van der Waals surface area (Å²) in [5, 5.41) is 24.9. The van der Waals surface area contributed by atoms with Gasteiger partial charge in [0, 0.05) is 25.1 Å². The molecule has 0 aromatic heterocycles. The number of hydrogen-bond donors (Lipinski definition) is 5. The fraction of sp³-hybridized carbons (Fsp3) is 0.812. The summed E-state index contributed by atoms with van der Waals surface area (Å²) in [5.41, 5.74) is 6.11. The number of hydrogen-bond acceptors (Lipinski definition) is 7. The Bertz CT molecular complexity index is 409. The molecular formula is C16H29N3O5. The maximum absolute atomic E-state index is 10.5. The molecule has 8 nitrogen and oxygen atoms in total. The number of aliphatic hydroxyl groups is 2. The molecule has 2 rings (SSSR count).